The summed E-state index contributed by atoms with van der Waals surface area (Å²) < 4.78 is 0. The molecule has 0 fully saturated rings. The van der Waals surface area contributed by atoms with E-state index in [4.69, 9.17) is 5.73 Å². The van der Waals surface area contributed by atoms with Crippen LogP contribution in [0.5, 0.6) is 0 Å². The lowest BCUT2D eigenvalue weighted by atomic mass is 10.0. The number of hydrogen-bond acceptors (Lipinski definition) is 3. The highest BCUT2D eigenvalue weighted by Gasteiger charge is 2.30. The Balaban J connectivity index is 1.82. The number of carbonyl (C=O) groups excluding carboxylic acids is 2. The summed E-state index contributed by atoms with van der Waals surface area (Å²) in [6, 6.07) is 24.0. The molecule has 0 saturated heterocycles. The second-order valence-corrected chi connectivity index (χ2v) is 6.06. The molecule has 0 heterocycles. The zero-order chi connectivity index (χ0) is 18.1. The first-order valence-corrected chi connectivity index (χ1v) is 8.26. The first-order valence-electron chi connectivity index (χ1n) is 8.26. The second-order valence-electron chi connectivity index (χ2n) is 6.06. The Morgan fingerprint density at radius 2 is 1.38 bits per heavy atom. The Morgan fingerprint density at radius 3 is 2.04 bits per heavy atom. The minimum Gasteiger partial charge on any atom is -0.366 e. The van der Waals surface area contributed by atoms with Gasteiger partial charge in [0, 0.05) is 22.4 Å². The van der Waals surface area contributed by atoms with Crippen molar-refractivity contribution in [3.63, 3.8) is 0 Å². The summed E-state index contributed by atoms with van der Waals surface area (Å²) in [5, 5.41) is 3.35. The van der Waals surface area contributed by atoms with Gasteiger partial charge in [0.05, 0.1) is 11.3 Å². The molecule has 1 amide bonds. The van der Waals surface area contributed by atoms with Gasteiger partial charge in [-0.15, -0.1) is 0 Å². The van der Waals surface area contributed by atoms with Crippen LogP contribution < -0.4 is 11.1 Å². The predicted molar refractivity (Wildman–Crippen MR) is 103 cm³/mol. The Labute approximate surface area is 151 Å². The van der Waals surface area contributed by atoms with E-state index in [1.807, 2.05) is 54.6 Å². The first-order chi connectivity index (χ1) is 12.6. The van der Waals surface area contributed by atoms with Crippen LogP contribution in [0.4, 0.5) is 5.69 Å². The van der Waals surface area contributed by atoms with Crippen molar-refractivity contribution in [2.24, 2.45) is 5.73 Å². The van der Waals surface area contributed by atoms with E-state index in [9.17, 15) is 9.59 Å². The van der Waals surface area contributed by atoms with E-state index in [1.165, 1.54) is 0 Å². The number of hydrogen-bond donors (Lipinski definition) is 2. The van der Waals surface area contributed by atoms with Gasteiger partial charge in [-0.3, -0.25) is 9.59 Å². The lowest BCUT2D eigenvalue weighted by molar-refractivity contribution is 0.0999. The van der Waals surface area contributed by atoms with E-state index in [0.717, 1.165) is 22.5 Å². The summed E-state index contributed by atoms with van der Waals surface area (Å²) in [6.07, 6.45) is 0. The zero-order valence-electron chi connectivity index (χ0n) is 13.9. The number of rotatable bonds is 4. The van der Waals surface area contributed by atoms with Crippen molar-refractivity contribution in [1.82, 2.24) is 0 Å². The SMILES string of the molecule is NC(=O)c1ccc(NC2=C(c3ccccc3)C(=O)c3ccccc32)cc1. The topological polar surface area (TPSA) is 72.2 Å². The maximum atomic E-state index is 13.0. The fourth-order valence-electron chi connectivity index (χ4n) is 3.15. The standard InChI is InChI=1S/C22H16N2O2/c23-22(26)15-10-12-16(13-11-15)24-20-17-8-4-5-9-18(17)21(25)19(20)14-6-2-1-3-7-14/h1-13,24H,(H2,23,26). The molecular weight excluding hydrogens is 324 g/mol. The van der Waals surface area contributed by atoms with Crippen LogP contribution in [0.2, 0.25) is 0 Å². The number of ketones is 1. The Kier molecular flexibility index (Phi) is 3.86. The van der Waals surface area contributed by atoms with Crippen LogP contribution >= 0.6 is 0 Å². The predicted octanol–water partition coefficient (Wildman–Crippen LogP) is 3.96. The summed E-state index contributed by atoms with van der Waals surface area (Å²) in [5.74, 6) is -0.467. The van der Waals surface area contributed by atoms with Gasteiger partial charge in [0.15, 0.2) is 5.78 Å². The summed E-state index contributed by atoms with van der Waals surface area (Å²) in [6.45, 7) is 0. The number of nitrogens with two attached hydrogens (primary N) is 1. The minimum atomic E-state index is -0.470. The number of allylic oxidation sites excluding steroid dienone is 1. The fourth-order valence-corrected chi connectivity index (χ4v) is 3.15. The molecule has 4 heteroatoms. The monoisotopic (exact) mass is 340 g/mol. The van der Waals surface area contributed by atoms with Crippen molar-refractivity contribution >= 4 is 28.6 Å². The van der Waals surface area contributed by atoms with Gasteiger partial charge in [-0.25, -0.2) is 0 Å². The maximum Gasteiger partial charge on any atom is 0.248 e. The lowest BCUT2D eigenvalue weighted by Crippen LogP contribution is -2.10. The number of benzene rings is 3. The van der Waals surface area contributed by atoms with Crippen LogP contribution in [0.25, 0.3) is 11.3 Å². The number of fused-ring (bicyclic) bond motifs is 1. The molecule has 0 spiro atoms. The van der Waals surface area contributed by atoms with Crippen LogP contribution in [-0.2, 0) is 0 Å². The summed E-state index contributed by atoms with van der Waals surface area (Å²) in [7, 11) is 0. The van der Waals surface area contributed by atoms with E-state index < -0.39 is 5.91 Å². The number of primary amides is 1. The fraction of sp³-hybridized carbons (Fsp3) is 0. The molecule has 0 atom stereocenters. The molecule has 4 rings (SSSR count). The van der Waals surface area contributed by atoms with Gasteiger partial charge in [-0.1, -0.05) is 54.6 Å². The summed E-state index contributed by atoms with van der Waals surface area (Å²) in [4.78, 5) is 24.2. The van der Waals surface area contributed by atoms with Gasteiger partial charge in [0.2, 0.25) is 5.91 Å². The van der Waals surface area contributed by atoms with Crippen LogP contribution in [-0.4, -0.2) is 11.7 Å². The Hall–Kier alpha value is -3.66. The molecule has 0 unspecified atom stereocenters. The van der Waals surface area contributed by atoms with Crippen LogP contribution in [0.3, 0.4) is 0 Å². The molecular formula is C22H16N2O2. The van der Waals surface area contributed by atoms with Crippen LogP contribution in [0, 0.1) is 0 Å². The smallest absolute Gasteiger partial charge is 0.248 e. The molecule has 1 aliphatic rings. The summed E-state index contributed by atoms with van der Waals surface area (Å²) >= 11 is 0. The number of anilines is 1. The molecule has 0 aliphatic heterocycles. The van der Waals surface area contributed by atoms with Gasteiger partial charge in [-0.2, -0.15) is 0 Å². The zero-order valence-corrected chi connectivity index (χ0v) is 13.9. The normalized spacial score (nSPS) is 12.8. The molecule has 126 valence electrons. The van der Waals surface area contributed by atoms with Crippen molar-refractivity contribution in [1.29, 1.82) is 0 Å². The average Bonchev–Trinajstić information content (AvgIpc) is 2.95. The van der Waals surface area contributed by atoms with E-state index in [2.05, 4.69) is 5.32 Å². The quantitative estimate of drug-likeness (QED) is 0.755. The molecule has 3 aromatic carbocycles. The Bertz CT molecular complexity index is 1040. The number of carbonyl (C=O) groups is 2. The van der Waals surface area contributed by atoms with E-state index >= 15 is 0 Å². The average molecular weight is 340 g/mol. The molecule has 0 bridgehead atoms. The van der Waals surface area contributed by atoms with E-state index in [-0.39, 0.29) is 5.78 Å². The van der Waals surface area contributed by atoms with Gasteiger partial charge in [0.1, 0.15) is 0 Å². The third kappa shape index (κ3) is 2.67. The minimum absolute atomic E-state index is 0.00283. The first kappa shape index (κ1) is 15.8. The number of Topliss-reactive ketones (excluding diaryl/α,β-unsaturated/α-hetero) is 1. The third-order valence-corrected chi connectivity index (χ3v) is 4.42. The second kappa shape index (κ2) is 6.33. The van der Waals surface area contributed by atoms with Gasteiger partial charge in [-0.05, 0) is 29.8 Å². The van der Waals surface area contributed by atoms with E-state index in [0.29, 0.717) is 16.7 Å². The Morgan fingerprint density at radius 1 is 0.769 bits per heavy atom. The molecule has 0 aromatic heterocycles. The van der Waals surface area contributed by atoms with Crippen molar-refractivity contribution < 1.29 is 9.59 Å². The molecule has 3 N–H and O–H groups in total. The van der Waals surface area contributed by atoms with E-state index in [1.54, 1.807) is 24.3 Å². The molecule has 3 aromatic rings. The lowest BCUT2D eigenvalue weighted by Gasteiger charge is -2.12. The third-order valence-electron chi connectivity index (χ3n) is 4.42. The van der Waals surface area contributed by atoms with Crippen molar-refractivity contribution in [3.8, 4) is 0 Å². The molecule has 1 aliphatic carbocycles. The number of nitrogens with one attached hydrogen (secondary N) is 1. The highest BCUT2D eigenvalue weighted by Crippen LogP contribution is 2.38. The van der Waals surface area contributed by atoms with Gasteiger partial charge >= 0.3 is 0 Å². The van der Waals surface area contributed by atoms with Crippen molar-refractivity contribution in [2.75, 3.05) is 5.32 Å². The molecule has 4 nitrogen and oxygen atoms in total. The highest BCUT2D eigenvalue weighted by molar-refractivity contribution is 6.40. The van der Waals surface area contributed by atoms with Crippen molar-refractivity contribution in [3.05, 3.63) is 101 Å². The summed E-state index contributed by atoms with van der Waals surface area (Å²) in [5.41, 5.74) is 10.3. The van der Waals surface area contributed by atoms with Gasteiger partial charge < -0.3 is 11.1 Å². The van der Waals surface area contributed by atoms with Crippen LogP contribution in [0.15, 0.2) is 78.9 Å². The largest absolute Gasteiger partial charge is 0.366 e. The van der Waals surface area contributed by atoms with Crippen molar-refractivity contribution in [2.45, 2.75) is 0 Å². The molecule has 26 heavy (non-hydrogen) atoms. The number of amides is 1. The highest BCUT2D eigenvalue weighted by atomic mass is 16.1. The molecule has 0 radical (unpaired) electrons. The van der Waals surface area contributed by atoms with Crippen LogP contribution in [0.1, 0.15) is 31.8 Å². The maximum absolute atomic E-state index is 13.0. The van der Waals surface area contributed by atoms with Gasteiger partial charge in [0.25, 0.3) is 0 Å². The molecule has 0 saturated carbocycles.